The molecule has 1 N–H and O–H groups in total. The van der Waals surface area contributed by atoms with Crippen LogP contribution in [0.4, 0.5) is 4.79 Å². The lowest BCUT2D eigenvalue weighted by atomic mass is 9.96. The number of ether oxygens (including phenoxy) is 1. The molecule has 0 spiro atoms. The number of nitrogens with zero attached hydrogens (tertiary/aromatic N) is 1. The number of benzene rings is 1. The molecule has 0 aromatic heterocycles. The molecule has 1 aromatic carbocycles. The Balaban J connectivity index is 2.07. The van der Waals surface area contributed by atoms with Gasteiger partial charge in [-0.1, -0.05) is 12.1 Å². The topological polar surface area (TPSA) is 66.8 Å². The Labute approximate surface area is 130 Å². The van der Waals surface area contributed by atoms with Crippen molar-refractivity contribution >= 4 is 12.1 Å². The standard InChI is InChI=1S/C17H23NO4/c1-11-9-14(10-18(11)16(21)22-17(2,3)4)12-5-7-13(8-6-12)15(19)20/h5-8,11,14H,9-10H2,1-4H3,(H,19,20)/t11-,14-/m1/s1. The number of carboxylic acids is 1. The largest absolute Gasteiger partial charge is 0.478 e. The smallest absolute Gasteiger partial charge is 0.410 e. The number of hydrogen-bond donors (Lipinski definition) is 1. The number of likely N-dealkylation sites (tertiary alicyclic amines) is 1. The van der Waals surface area contributed by atoms with Gasteiger partial charge in [0.15, 0.2) is 0 Å². The number of rotatable bonds is 2. The summed E-state index contributed by atoms with van der Waals surface area (Å²) in [6.07, 6.45) is 0.565. The molecule has 1 aromatic rings. The zero-order chi connectivity index (χ0) is 16.5. The summed E-state index contributed by atoms with van der Waals surface area (Å²) in [7, 11) is 0. The molecule has 0 radical (unpaired) electrons. The molecule has 120 valence electrons. The summed E-state index contributed by atoms with van der Waals surface area (Å²) < 4.78 is 5.44. The van der Waals surface area contributed by atoms with E-state index in [4.69, 9.17) is 9.84 Å². The molecule has 1 saturated heterocycles. The average Bonchev–Trinajstić information content (AvgIpc) is 2.79. The first-order valence-electron chi connectivity index (χ1n) is 7.50. The summed E-state index contributed by atoms with van der Waals surface area (Å²) in [5.41, 5.74) is 0.833. The van der Waals surface area contributed by atoms with Gasteiger partial charge >= 0.3 is 12.1 Å². The third-order valence-corrected chi connectivity index (χ3v) is 3.83. The zero-order valence-corrected chi connectivity index (χ0v) is 13.5. The summed E-state index contributed by atoms with van der Waals surface area (Å²) in [6, 6.07) is 6.99. The molecular formula is C17H23NO4. The molecule has 2 rings (SSSR count). The molecule has 5 heteroatoms. The van der Waals surface area contributed by atoms with Crippen molar-refractivity contribution in [1.29, 1.82) is 0 Å². The van der Waals surface area contributed by atoms with Crippen LogP contribution in [0.5, 0.6) is 0 Å². The molecule has 0 saturated carbocycles. The first kappa shape index (κ1) is 16.3. The zero-order valence-electron chi connectivity index (χ0n) is 13.5. The predicted molar refractivity (Wildman–Crippen MR) is 83.2 cm³/mol. The van der Waals surface area contributed by atoms with Gasteiger partial charge in [0.05, 0.1) is 5.56 Å². The monoisotopic (exact) mass is 305 g/mol. The molecule has 0 bridgehead atoms. The lowest BCUT2D eigenvalue weighted by Crippen LogP contribution is -2.38. The molecule has 1 fully saturated rings. The predicted octanol–water partition coefficient (Wildman–Crippen LogP) is 3.50. The molecule has 5 nitrogen and oxygen atoms in total. The molecular weight excluding hydrogens is 282 g/mol. The molecule has 1 amide bonds. The van der Waals surface area contributed by atoms with Crippen LogP contribution in [-0.4, -0.2) is 40.3 Å². The SMILES string of the molecule is C[C@@H]1C[C@@H](c2ccc(C(=O)O)cc2)CN1C(=O)OC(C)(C)C. The third kappa shape index (κ3) is 3.78. The third-order valence-electron chi connectivity index (χ3n) is 3.83. The molecule has 1 aliphatic rings. The lowest BCUT2D eigenvalue weighted by molar-refractivity contribution is 0.0237. The van der Waals surface area contributed by atoms with E-state index in [1.165, 1.54) is 0 Å². The second-order valence-electron chi connectivity index (χ2n) is 6.84. The molecule has 22 heavy (non-hydrogen) atoms. The van der Waals surface area contributed by atoms with Crippen molar-refractivity contribution in [1.82, 2.24) is 4.90 Å². The Kier molecular flexibility index (Phi) is 4.44. The van der Waals surface area contributed by atoms with E-state index in [0.29, 0.717) is 6.54 Å². The summed E-state index contributed by atoms with van der Waals surface area (Å²) >= 11 is 0. The van der Waals surface area contributed by atoms with Crippen LogP contribution in [-0.2, 0) is 4.74 Å². The number of aromatic carboxylic acids is 1. The highest BCUT2D eigenvalue weighted by atomic mass is 16.6. The summed E-state index contributed by atoms with van der Waals surface area (Å²) in [6.45, 7) is 8.17. The van der Waals surface area contributed by atoms with Crippen molar-refractivity contribution in [2.75, 3.05) is 6.54 Å². The highest BCUT2D eigenvalue weighted by molar-refractivity contribution is 5.87. The average molecular weight is 305 g/mol. The van der Waals surface area contributed by atoms with Crippen LogP contribution in [0.3, 0.4) is 0 Å². The van der Waals surface area contributed by atoms with E-state index in [1.807, 2.05) is 39.8 Å². The Morgan fingerprint density at radius 3 is 2.32 bits per heavy atom. The van der Waals surface area contributed by atoms with E-state index in [0.717, 1.165) is 12.0 Å². The Morgan fingerprint density at radius 2 is 1.82 bits per heavy atom. The maximum Gasteiger partial charge on any atom is 0.410 e. The highest BCUT2D eigenvalue weighted by Gasteiger charge is 2.35. The van der Waals surface area contributed by atoms with Gasteiger partial charge < -0.3 is 14.7 Å². The lowest BCUT2D eigenvalue weighted by Gasteiger charge is -2.27. The van der Waals surface area contributed by atoms with E-state index in [2.05, 4.69) is 0 Å². The van der Waals surface area contributed by atoms with E-state index in [1.54, 1.807) is 17.0 Å². The second kappa shape index (κ2) is 5.99. The maximum absolute atomic E-state index is 12.2. The van der Waals surface area contributed by atoms with Gasteiger partial charge in [-0.25, -0.2) is 9.59 Å². The number of hydrogen-bond acceptors (Lipinski definition) is 3. The van der Waals surface area contributed by atoms with Gasteiger partial charge in [0.2, 0.25) is 0 Å². The van der Waals surface area contributed by atoms with Gasteiger partial charge in [-0.2, -0.15) is 0 Å². The van der Waals surface area contributed by atoms with Gasteiger partial charge in [-0.3, -0.25) is 0 Å². The number of carbonyl (C=O) groups is 2. The Bertz CT molecular complexity index is 559. The van der Waals surface area contributed by atoms with Crippen LogP contribution in [0.15, 0.2) is 24.3 Å². The normalized spacial score (nSPS) is 21.7. The minimum atomic E-state index is -0.929. The molecule has 0 unspecified atom stereocenters. The van der Waals surface area contributed by atoms with Crippen LogP contribution in [0.2, 0.25) is 0 Å². The molecule has 1 heterocycles. The molecule has 0 aliphatic carbocycles. The van der Waals surface area contributed by atoms with Crippen molar-refractivity contribution in [2.45, 2.75) is 51.7 Å². The fourth-order valence-electron chi connectivity index (χ4n) is 2.75. The maximum atomic E-state index is 12.2. The van der Waals surface area contributed by atoms with Crippen LogP contribution < -0.4 is 0 Å². The molecule has 1 aliphatic heterocycles. The number of carboxylic acid groups (broad SMARTS) is 1. The van der Waals surface area contributed by atoms with Crippen molar-refractivity contribution in [3.8, 4) is 0 Å². The van der Waals surface area contributed by atoms with Crippen LogP contribution in [0, 0.1) is 0 Å². The van der Waals surface area contributed by atoms with Crippen LogP contribution in [0.25, 0.3) is 0 Å². The van der Waals surface area contributed by atoms with Crippen molar-refractivity contribution < 1.29 is 19.4 Å². The first-order valence-corrected chi connectivity index (χ1v) is 7.50. The van der Waals surface area contributed by atoms with E-state index < -0.39 is 11.6 Å². The van der Waals surface area contributed by atoms with E-state index in [9.17, 15) is 9.59 Å². The number of amides is 1. The quantitative estimate of drug-likeness (QED) is 0.908. The highest BCUT2D eigenvalue weighted by Crippen LogP contribution is 2.32. The van der Waals surface area contributed by atoms with Crippen molar-refractivity contribution in [3.05, 3.63) is 35.4 Å². The van der Waals surface area contributed by atoms with Gasteiger partial charge in [-0.05, 0) is 51.8 Å². The summed E-state index contributed by atoms with van der Waals surface area (Å²) in [4.78, 5) is 24.9. The second-order valence-corrected chi connectivity index (χ2v) is 6.84. The Morgan fingerprint density at radius 1 is 1.23 bits per heavy atom. The van der Waals surface area contributed by atoms with Crippen LogP contribution >= 0.6 is 0 Å². The fourth-order valence-corrected chi connectivity index (χ4v) is 2.75. The van der Waals surface area contributed by atoms with E-state index in [-0.39, 0.29) is 23.6 Å². The fraction of sp³-hybridized carbons (Fsp3) is 0.529. The van der Waals surface area contributed by atoms with Gasteiger partial charge in [0, 0.05) is 18.5 Å². The van der Waals surface area contributed by atoms with Gasteiger partial charge in [0.1, 0.15) is 5.60 Å². The van der Waals surface area contributed by atoms with Gasteiger partial charge in [0.25, 0.3) is 0 Å². The number of carbonyl (C=O) groups excluding carboxylic acids is 1. The first-order chi connectivity index (χ1) is 10.2. The summed E-state index contributed by atoms with van der Waals surface area (Å²) in [5.74, 6) is -0.716. The van der Waals surface area contributed by atoms with E-state index >= 15 is 0 Å². The van der Waals surface area contributed by atoms with Gasteiger partial charge in [-0.15, -0.1) is 0 Å². The minimum absolute atomic E-state index is 0.110. The summed E-state index contributed by atoms with van der Waals surface area (Å²) in [5, 5.41) is 8.94. The minimum Gasteiger partial charge on any atom is -0.478 e. The van der Waals surface area contributed by atoms with Crippen LogP contribution in [0.1, 0.15) is 56.0 Å². The van der Waals surface area contributed by atoms with Crippen molar-refractivity contribution in [3.63, 3.8) is 0 Å². The van der Waals surface area contributed by atoms with Crippen molar-refractivity contribution in [2.24, 2.45) is 0 Å². The molecule has 2 atom stereocenters. The Hall–Kier alpha value is -2.04.